The van der Waals surface area contributed by atoms with Gasteiger partial charge in [0.15, 0.2) is 0 Å². The number of hydrogen-bond acceptors (Lipinski definition) is 3. The van der Waals surface area contributed by atoms with Gasteiger partial charge in [-0.1, -0.05) is 78.9 Å². The van der Waals surface area contributed by atoms with Crippen molar-refractivity contribution in [1.82, 2.24) is 15.0 Å². The Bertz CT molecular complexity index is 2120. The molecule has 0 spiro atoms. The highest BCUT2D eigenvalue weighted by atomic mass is 14.7. The van der Waals surface area contributed by atoms with Crippen LogP contribution in [0.15, 0.2) is 164 Å². The zero-order chi connectivity index (χ0) is 29.3. The number of rotatable bonds is 5. The second-order valence-electron chi connectivity index (χ2n) is 11.0. The predicted molar refractivity (Wildman–Crippen MR) is 182 cm³/mol. The van der Waals surface area contributed by atoms with Crippen molar-refractivity contribution in [3.8, 4) is 55.9 Å². The van der Waals surface area contributed by atoms with Crippen LogP contribution in [0.25, 0.3) is 77.4 Å². The lowest BCUT2D eigenvalue weighted by Gasteiger charge is -2.14. The fraction of sp³-hybridized carbons (Fsp3) is 0. The normalized spacial score (nSPS) is 11.2. The Balaban J connectivity index is 1.36. The molecule has 8 aromatic rings. The van der Waals surface area contributed by atoms with Gasteiger partial charge in [0.25, 0.3) is 0 Å². The van der Waals surface area contributed by atoms with Crippen LogP contribution >= 0.6 is 0 Å². The summed E-state index contributed by atoms with van der Waals surface area (Å²) in [7, 11) is 0. The van der Waals surface area contributed by atoms with Gasteiger partial charge in [0.2, 0.25) is 0 Å². The minimum Gasteiger partial charge on any atom is -0.265 e. The van der Waals surface area contributed by atoms with Gasteiger partial charge in [-0.2, -0.15) is 0 Å². The van der Waals surface area contributed by atoms with Gasteiger partial charge in [-0.25, -0.2) is 4.98 Å². The number of pyridine rings is 3. The van der Waals surface area contributed by atoms with Gasteiger partial charge >= 0.3 is 0 Å². The Morgan fingerprint density at radius 1 is 0.295 bits per heavy atom. The van der Waals surface area contributed by atoms with Gasteiger partial charge in [0, 0.05) is 41.5 Å². The standard InChI is InChI=1S/C41H27N3/c1-3-8-31-20-33(13-11-28(31)6-1)40-25-39(26-41(44-40)34-14-12-29-7-2-4-9-32(29)21-34)38-23-36(30-15-18-42-19-16-30)22-37(24-38)35-10-5-17-43-27-35/h1-27H. The first-order valence-electron chi connectivity index (χ1n) is 14.7. The monoisotopic (exact) mass is 561 g/mol. The average Bonchev–Trinajstić information content (AvgIpc) is 3.11. The van der Waals surface area contributed by atoms with Gasteiger partial charge in [-0.3, -0.25) is 9.97 Å². The van der Waals surface area contributed by atoms with Crippen molar-refractivity contribution >= 4 is 21.5 Å². The first-order valence-corrected chi connectivity index (χ1v) is 14.7. The van der Waals surface area contributed by atoms with E-state index in [0.29, 0.717) is 0 Å². The van der Waals surface area contributed by atoms with E-state index in [1.165, 1.54) is 21.5 Å². The third kappa shape index (κ3) is 5.01. The molecule has 5 aromatic carbocycles. The molecule has 0 N–H and O–H groups in total. The fourth-order valence-electron chi connectivity index (χ4n) is 5.90. The van der Waals surface area contributed by atoms with E-state index in [1.807, 2.05) is 30.9 Å². The van der Waals surface area contributed by atoms with Crippen molar-refractivity contribution < 1.29 is 0 Å². The molecule has 8 rings (SSSR count). The van der Waals surface area contributed by atoms with Gasteiger partial charge in [0.1, 0.15) is 0 Å². The van der Waals surface area contributed by atoms with Crippen LogP contribution < -0.4 is 0 Å². The predicted octanol–water partition coefficient (Wildman–Crippen LogP) is 10.5. The van der Waals surface area contributed by atoms with Gasteiger partial charge in [-0.05, 0) is 110 Å². The van der Waals surface area contributed by atoms with Crippen LogP contribution in [0.1, 0.15) is 0 Å². The van der Waals surface area contributed by atoms with Crippen LogP contribution in [-0.2, 0) is 0 Å². The van der Waals surface area contributed by atoms with E-state index < -0.39 is 0 Å². The summed E-state index contributed by atoms with van der Waals surface area (Å²) in [6, 6.07) is 49.5. The van der Waals surface area contributed by atoms with E-state index >= 15 is 0 Å². The summed E-state index contributed by atoms with van der Waals surface area (Å²) in [6.07, 6.45) is 7.41. The van der Waals surface area contributed by atoms with Crippen LogP contribution in [0.4, 0.5) is 0 Å². The lowest BCUT2D eigenvalue weighted by atomic mass is 9.92. The summed E-state index contributed by atoms with van der Waals surface area (Å²) in [6.45, 7) is 0. The molecule has 3 aromatic heterocycles. The largest absolute Gasteiger partial charge is 0.265 e. The summed E-state index contributed by atoms with van der Waals surface area (Å²) in [5.41, 5.74) is 10.7. The summed E-state index contributed by atoms with van der Waals surface area (Å²) in [4.78, 5) is 13.9. The Hall–Kier alpha value is -5.93. The van der Waals surface area contributed by atoms with Crippen molar-refractivity contribution in [2.24, 2.45) is 0 Å². The lowest BCUT2D eigenvalue weighted by molar-refractivity contribution is 1.32. The fourth-order valence-corrected chi connectivity index (χ4v) is 5.90. The summed E-state index contributed by atoms with van der Waals surface area (Å²) < 4.78 is 0. The van der Waals surface area contributed by atoms with Gasteiger partial charge in [-0.15, -0.1) is 0 Å². The SMILES string of the molecule is c1cncc(-c2cc(-c3ccncc3)cc(-c3cc(-c4ccc5ccccc5c4)nc(-c4ccc5ccccc5c4)c3)c2)c1. The molecular weight excluding hydrogens is 534 g/mol. The van der Waals surface area contributed by atoms with Crippen molar-refractivity contribution in [1.29, 1.82) is 0 Å². The Labute approximate surface area is 256 Å². The average molecular weight is 562 g/mol. The second kappa shape index (κ2) is 11.0. The molecule has 0 aliphatic carbocycles. The molecular formula is C41H27N3. The molecule has 0 aliphatic heterocycles. The molecule has 0 saturated heterocycles. The Morgan fingerprint density at radius 2 is 0.818 bits per heavy atom. The van der Waals surface area contributed by atoms with Crippen molar-refractivity contribution in [3.05, 3.63) is 164 Å². The lowest BCUT2D eigenvalue weighted by Crippen LogP contribution is -1.93. The summed E-state index contributed by atoms with van der Waals surface area (Å²) in [5.74, 6) is 0. The molecule has 0 radical (unpaired) electrons. The van der Waals surface area contributed by atoms with E-state index in [4.69, 9.17) is 4.98 Å². The number of hydrogen-bond donors (Lipinski definition) is 0. The van der Waals surface area contributed by atoms with Crippen molar-refractivity contribution in [2.75, 3.05) is 0 Å². The molecule has 3 heterocycles. The molecule has 44 heavy (non-hydrogen) atoms. The molecule has 0 aliphatic rings. The Morgan fingerprint density at radius 3 is 1.39 bits per heavy atom. The molecule has 3 heteroatoms. The van der Waals surface area contributed by atoms with Crippen molar-refractivity contribution in [3.63, 3.8) is 0 Å². The quantitative estimate of drug-likeness (QED) is 0.210. The first-order chi connectivity index (χ1) is 21.8. The molecule has 0 unspecified atom stereocenters. The van der Waals surface area contributed by atoms with E-state index in [0.717, 1.165) is 55.9 Å². The maximum atomic E-state index is 5.26. The minimum atomic E-state index is 0.939. The van der Waals surface area contributed by atoms with Crippen LogP contribution in [0, 0.1) is 0 Å². The first kappa shape index (κ1) is 25.8. The van der Waals surface area contributed by atoms with E-state index in [2.05, 4.69) is 143 Å². The number of aromatic nitrogens is 3. The van der Waals surface area contributed by atoms with Crippen LogP contribution in [-0.4, -0.2) is 15.0 Å². The highest BCUT2D eigenvalue weighted by molar-refractivity contribution is 5.90. The van der Waals surface area contributed by atoms with E-state index in [1.54, 1.807) is 0 Å². The molecule has 3 nitrogen and oxygen atoms in total. The summed E-state index contributed by atoms with van der Waals surface area (Å²) >= 11 is 0. The minimum absolute atomic E-state index is 0.939. The highest BCUT2D eigenvalue weighted by Gasteiger charge is 2.13. The maximum Gasteiger partial charge on any atom is 0.0715 e. The van der Waals surface area contributed by atoms with Crippen molar-refractivity contribution in [2.45, 2.75) is 0 Å². The van der Waals surface area contributed by atoms with E-state index in [-0.39, 0.29) is 0 Å². The molecule has 206 valence electrons. The molecule has 0 atom stereocenters. The zero-order valence-corrected chi connectivity index (χ0v) is 23.9. The maximum absolute atomic E-state index is 5.26. The van der Waals surface area contributed by atoms with Crippen LogP contribution in [0.5, 0.6) is 0 Å². The van der Waals surface area contributed by atoms with Gasteiger partial charge in [0.05, 0.1) is 11.4 Å². The molecule has 0 saturated carbocycles. The molecule has 0 bridgehead atoms. The van der Waals surface area contributed by atoms with E-state index in [9.17, 15) is 0 Å². The number of fused-ring (bicyclic) bond motifs is 2. The number of nitrogens with zero attached hydrogens (tertiary/aromatic N) is 3. The molecule has 0 fully saturated rings. The topological polar surface area (TPSA) is 38.7 Å². The van der Waals surface area contributed by atoms with Gasteiger partial charge < -0.3 is 0 Å². The third-order valence-corrected chi connectivity index (χ3v) is 8.19. The van der Waals surface area contributed by atoms with Crippen LogP contribution in [0.2, 0.25) is 0 Å². The second-order valence-corrected chi connectivity index (χ2v) is 11.0. The number of benzene rings is 5. The smallest absolute Gasteiger partial charge is 0.0715 e. The zero-order valence-electron chi connectivity index (χ0n) is 23.9. The summed E-state index contributed by atoms with van der Waals surface area (Å²) in [5, 5.41) is 4.83. The molecule has 0 amide bonds. The third-order valence-electron chi connectivity index (χ3n) is 8.19. The van der Waals surface area contributed by atoms with Crippen LogP contribution in [0.3, 0.4) is 0 Å². The highest BCUT2D eigenvalue weighted by Crippen LogP contribution is 2.36. The Kier molecular flexibility index (Phi) is 6.47.